The summed E-state index contributed by atoms with van der Waals surface area (Å²) in [6, 6.07) is 0.891. The van der Waals surface area contributed by atoms with Gasteiger partial charge in [0, 0.05) is 6.04 Å². The van der Waals surface area contributed by atoms with E-state index in [4.69, 9.17) is 5.73 Å². The van der Waals surface area contributed by atoms with Crippen molar-refractivity contribution in [2.75, 3.05) is 0 Å². The minimum absolute atomic E-state index is 0.428. The van der Waals surface area contributed by atoms with Crippen LogP contribution in [0.5, 0.6) is 0 Å². The maximum atomic E-state index is 5.99. The van der Waals surface area contributed by atoms with E-state index in [-0.39, 0.29) is 0 Å². The standard InChI is InChI=1S/C14H29N3/c1-4-12(5-2)11(3)16-14(15)17-13-9-7-6-8-10-13/h11-13H,4-10H2,1-3H3,(H3,15,16,17). The molecule has 0 saturated heterocycles. The van der Waals surface area contributed by atoms with Crippen molar-refractivity contribution in [3.05, 3.63) is 0 Å². The van der Waals surface area contributed by atoms with Gasteiger partial charge in [0.2, 0.25) is 0 Å². The lowest BCUT2D eigenvalue weighted by atomic mass is 9.95. The molecule has 0 aliphatic heterocycles. The van der Waals surface area contributed by atoms with Gasteiger partial charge in [-0.05, 0) is 25.7 Å². The highest BCUT2D eigenvalue weighted by atomic mass is 15.1. The molecule has 3 heteroatoms. The molecule has 0 aromatic rings. The third-order valence-electron chi connectivity index (χ3n) is 4.03. The van der Waals surface area contributed by atoms with Crippen molar-refractivity contribution in [1.82, 2.24) is 5.32 Å². The first-order chi connectivity index (χ1) is 8.17. The summed E-state index contributed by atoms with van der Waals surface area (Å²) in [6.07, 6.45) is 8.79. The molecule has 1 aliphatic carbocycles. The predicted octanol–water partition coefficient (Wildman–Crippen LogP) is 3.05. The lowest BCUT2D eigenvalue weighted by Crippen LogP contribution is -2.43. The number of hydrogen-bond acceptors (Lipinski definition) is 1. The molecule has 1 rings (SSSR count). The van der Waals surface area contributed by atoms with Crippen LogP contribution in [-0.2, 0) is 0 Å². The highest BCUT2D eigenvalue weighted by molar-refractivity contribution is 5.78. The summed E-state index contributed by atoms with van der Waals surface area (Å²) in [6.45, 7) is 6.68. The number of aliphatic imine (C=N–C) groups is 1. The highest BCUT2D eigenvalue weighted by Crippen LogP contribution is 2.20. The molecule has 0 aromatic carbocycles. The summed E-state index contributed by atoms with van der Waals surface area (Å²) >= 11 is 0. The molecule has 3 nitrogen and oxygen atoms in total. The molecule has 0 aromatic heterocycles. The molecular weight excluding hydrogens is 210 g/mol. The van der Waals surface area contributed by atoms with Gasteiger partial charge in [0.05, 0.1) is 6.04 Å². The van der Waals surface area contributed by atoms with Crippen molar-refractivity contribution in [3.8, 4) is 0 Å². The number of guanidine groups is 1. The van der Waals surface area contributed by atoms with Gasteiger partial charge in [0.25, 0.3) is 0 Å². The van der Waals surface area contributed by atoms with Crippen LogP contribution in [-0.4, -0.2) is 18.0 Å². The Kier molecular flexibility index (Phi) is 6.38. The van der Waals surface area contributed by atoms with Crippen LogP contribution in [0.1, 0.15) is 65.7 Å². The number of rotatable bonds is 5. The Morgan fingerprint density at radius 3 is 2.35 bits per heavy atom. The maximum Gasteiger partial charge on any atom is 0.189 e. The summed E-state index contributed by atoms with van der Waals surface area (Å²) in [5, 5.41) is 3.36. The van der Waals surface area contributed by atoms with E-state index >= 15 is 0 Å². The fourth-order valence-corrected chi connectivity index (χ4v) is 2.79. The Hall–Kier alpha value is -0.730. The Balaban J connectivity index is 2.40. The zero-order chi connectivity index (χ0) is 12.7. The molecule has 100 valence electrons. The second-order valence-electron chi connectivity index (χ2n) is 5.32. The summed E-state index contributed by atoms with van der Waals surface area (Å²) in [5.74, 6) is 1.34. The second-order valence-corrected chi connectivity index (χ2v) is 5.32. The molecule has 0 heterocycles. The summed E-state index contributed by atoms with van der Waals surface area (Å²) in [5.41, 5.74) is 5.99. The minimum Gasteiger partial charge on any atom is -0.370 e. The van der Waals surface area contributed by atoms with Crippen LogP contribution in [0.25, 0.3) is 0 Å². The van der Waals surface area contributed by atoms with Gasteiger partial charge in [0.1, 0.15) is 0 Å². The predicted molar refractivity (Wildman–Crippen MR) is 75.2 cm³/mol. The Labute approximate surface area is 106 Å². The maximum absolute atomic E-state index is 5.99. The van der Waals surface area contributed by atoms with Crippen molar-refractivity contribution in [2.45, 2.75) is 77.8 Å². The Morgan fingerprint density at radius 1 is 1.24 bits per heavy atom. The summed E-state index contributed by atoms with van der Waals surface area (Å²) in [7, 11) is 0. The SMILES string of the molecule is CCC(CC)C(C)NC(N)=NC1CCCCC1. The molecule has 17 heavy (non-hydrogen) atoms. The number of nitrogens with one attached hydrogen (secondary N) is 1. The van der Waals surface area contributed by atoms with E-state index in [0.29, 0.717) is 24.0 Å². The van der Waals surface area contributed by atoms with E-state index in [1.165, 1.54) is 44.9 Å². The number of nitrogens with zero attached hydrogens (tertiary/aromatic N) is 1. The zero-order valence-corrected chi connectivity index (χ0v) is 11.7. The Morgan fingerprint density at radius 2 is 1.82 bits per heavy atom. The monoisotopic (exact) mass is 239 g/mol. The molecule has 0 spiro atoms. The van der Waals surface area contributed by atoms with Crippen molar-refractivity contribution in [1.29, 1.82) is 0 Å². The summed E-state index contributed by atoms with van der Waals surface area (Å²) < 4.78 is 0. The topological polar surface area (TPSA) is 50.4 Å². The average molecular weight is 239 g/mol. The van der Waals surface area contributed by atoms with Crippen molar-refractivity contribution >= 4 is 5.96 Å². The first kappa shape index (κ1) is 14.3. The average Bonchev–Trinajstić information content (AvgIpc) is 2.31. The second kappa shape index (κ2) is 7.57. The molecular formula is C14H29N3. The van der Waals surface area contributed by atoms with Gasteiger partial charge in [-0.2, -0.15) is 0 Å². The normalized spacial score (nSPS) is 20.6. The fourth-order valence-electron chi connectivity index (χ4n) is 2.79. The van der Waals surface area contributed by atoms with Gasteiger partial charge < -0.3 is 11.1 Å². The van der Waals surface area contributed by atoms with Crippen molar-refractivity contribution in [3.63, 3.8) is 0 Å². The van der Waals surface area contributed by atoms with Gasteiger partial charge in [-0.25, -0.2) is 0 Å². The summed E-state index contributed by atoms with van der Waals surface area (Å²) in [4.78, 5) is 4.61. The molecule has 1 saturated carbocycles. The van der Waals surface area contributed by atoms with Gasteiger partial charge in [-0.15, -0.1) is 0 Å². The van der Waals surface area contributed by atoms with Crippen LogP contribution in [0.4, 0.5) is 0 Å². The van der Waals surface area contributed by atoms with Crippen LogP contribution in [0.2, 0.25) is 0 Å². The third-order valence-corrected chi connectivity index (χ3v) is 4.03. The first-order valence-electron chi connectivity index (χ1n) is 7.27. The highest BCUT2D eigenvalue weighted by Gasteiger charge is 2.16. The minimum atomic E-state index is 0.428. The first-order valence-corrected chi connectivity index (χ1v) is 7.27. The van der Waals surface area contributed by atoms with Crippen LogP contribution in [0.15, 0.2) is 4.99 Å². The number of hydrogen-bond donors (Lipinski definition) is 2. The van der Waals surface area contributed by atoms with Crippen LogP contribution >= 0.6 is 0 Å². The van der Waals surface area contributed by atoms with Gasteiger partial charge in [0.15, 0.2) is 5.96 Å². The molecule has 0 radical (unpaired) electrons. The van der Waals surface area contributed by atoms with Gasteiger partial charge >= 0.3 is 0 Å². The van der Waals surface area contributed by atoms with Crippen LogP contribution < -0.4 is 11.1 Å². The van der Waals surface area contributed by atoms with Crippen LogP contribution in [0.3, 0.4) is 0 Å². The zero-order valence-electron chi connectivity index (χ0n) is 11.7. The molecule has 1 atom stereocenters. The number of nitrogens with two attached hydrogens (primary N) is 1. The van der Waals surface area contributed by atoms with Crippen LogP contribution in [0, 0.1) is 5.92 Å². The molecule has 0 amide bonds. The van der Waals surface area contributed by atoms with Crippen molar-refractivity contribution in [2.24, 2.45) is 16.6 Å². The lowest BCUT2D eigenvalue weighted by molar-refractivity contribution is 0.387. The van der Waals surface area contributed by atoms with E-state index < -0.39 is 0 Å². The quantitative estimate of drug-likeness (QED) is 0.572. The van der Waals surface area contributed by atoms with E-state index in [2.05, 4.69) is 31.1 Å². The molecule has 1 unspecified atom stereocenters. The van der Waals surface area contributed by atoms with Crippen molar-refractivity contribution < 1.29 is 0 Å². The smallest absolute Gasteiger partial charge is 0.189 e. The van der Waals surface area contributed by atoms with E-state index in [9.17, 15) is 0 Å². The van der Waals surface area contributed by atoms with E-state index in [0.717, 1.165) is 0 Å². The molecule has 3 N–H and O–H groups in total. The molecule has 0 bridgehead atoms. The Bertz CT molecular complexity index is 228. The fraction of sp³-hybridized carbons (Fsp3) is 0.929. The lowest BCUT2D eigenvalue weighted by Gasteiger charge is -2.24. The van der Waals surface area contributed by atoms with Gasteiger partial charge in [-0.1, -0.05) is 46.0 Å². The third kappa shape index (κ3) is 4.97. The van der Waals surface area contributed by atoms with E-state index in [1.807, 2.05) is 0 Å². The van der Waals surface area contributed by atoms with Gasteiger partial charge in [-0.3, -0.25) is 4.99 Å². The molecule has 1 fully saturated rings. The molecule has 1 aliphatic rings. The van der Waals surface area contributed by atoms with E-state index in [1.54, 1.807) is 0 Å². The largest absolute Gasteiger partial charge is 0.370 e.